The average Bonchev–Trinajstić information content (AvgIpc) is 2.73. The van der Waals surface area contributed by atoms with Gasteiger partial charge in [-0.05, 0) is 57.0 Å². The molecule has 0 atom stereocenters. The Labute approximate surface area is 163 Å². The number of allylic oxidation sites excluding steroid dienone is 1. The van der Waals surface area contributed by atoms with E-state index in [2.05, 4.69) is 39.3 Å². The number of carbonyl (C=O) groups is 1. The van der Waals surface area contributed by atoms with Crippen molar-refractivity contribution in [2.24, 2.45) is 5.41 Å². The lowest BCUT2D eigenvalue weighted by Gasteiger charge is -2.46. The van der Waals surface area contributed by atoms with Crippen LogP contribution in [0.2, 0.25) is 0 Å². The number of hydrogen-bond acceptors (Lipinski definition) is 5. The SMILES string of the molecule is C=CCCC1(CC)CCN(C2CCN(c3cnc(C(C)=O)cn3)CC2)CC1. The molecule has 5 nitrogen and oxygen atoms in total. The average molecular weight is 371 g/mol. The van der Waals surface area contributed by atoms with Gasteiger partial charge < -0.3 is 9.80 Å². The molecule has 1 aromatic heterocycles. The number of nitrogens with zero attached hydrogens (tertiary/aromatic N) is 4. The van der Waals surface area contributed by atoms with Gasteiger partial charge in [0.1, 0.15) is 11.5 Å². The Hall–Kier alpha value is -1.75. The quantitative estimate of drug-likeness (QED) is 0.534. The highest BCUT2D eigenvalue weighted by molar-refractivity contribution is 5.91. The van der Waals surface area contributed by atoms with Crippen molar-refractivity contribution in [2.45, 2.75) is 64.8 Å². The molecule has 2 fully saturated rings. The molecule has 0 unspecified atom stereocenters. The highest BCUT2D eigenvalue weighted by atomic mass is 16.1. The minimum absolute atomic E-state index is 0.0332. The first-order valence-electron chi connectivity index (χ1n) is 10.5. The number of Topliss-reactive ketones (excluding diaryl/α,β-unsaturated/α-hetero) is 1. The van der Waals surface area contributed by atoms with Crippen molar-refractivity contribution in [1.82, 2.24) is 14.9 Å². The van der Waals surface area contributed by atoms with E-state index in [1.807, 2.05) is 0 Å². The van der Waals surface area contributed by atoms with Crippen LogP contribution in [0.1, 0.15) is 69.3 Å². The largest absolute Gasteiger partial charge is 0.355 e. The molecule has 3 rings (SSSR count). The molecule has 2 aliphatic heterocycles. The molecule has 0 bridgehead atoms. The summed E-state index contributed by atoms with van der Waals surface area (Å²) in [7, 11) is 0. The lowest BCUT2D eigenvalue weighted by molar-refractivity contribution is 0.0553. The van der Waals surface area contributed by atoms with Gasteiger partial charge in [-0.2, -0.15) is 0 Å². The van der Waals surface area contributed by atoms with E-state index in [-0.39, 0.29) is 5.78 Å². The smallest absolute Gasteiger partial charge is 0.179 e. The third kappa shape index (κ3) is 4.75. The Kier molecular flexibility index (Phi) is 6.64. The topological polar surface area (TPSA) is 49.3 Å². The second kappa shape index (κ2) is 8.96. The van der Waals surface area contributed by atoms with E-state index in [0.717, 1.165) is 25.3 Å². The van der Waals surface area contributed by atoms with Crippen LogP contribution >= 0.6 is 0 Å². The molecule has 0 spiro atoms. The molecular weight excluding hydrogens is 336 g/mol. The number of likely N-dealkylation sites (tertiary alicyclic amines) is 1. The van der Waals surface area contributed by atoms with E-state index in [0.29, 0.717) is 17.2 Å². The highest BCUT2D eigenvalue weighted by Crippen LogP contribution is 2.40. The van der Waals surface area contributed by atoms with Crippen LogP contribution in [0.4, 0.5) is 5.82 Å². The van der Waals surface area contributed by atoms with Crippen molar-refractivity contribution in [3.05, 3.63) is 30.7 Å². The molecule has 0 amide bonds. The van der Waals surface area contributed by atoms with Crippen LogP contribution in [0.3, 0.4) is 0 Å². The van der Waals surface area contributed by atoms with E-state index in [1.54, 1.807) is 12.4 Å². The number of hydrogen-bond donors (Lipinski definition) is 0. The zero-order valence-corrected chi connectivity index (χ0v) is 17.0. The molecule has 27 heavy (non-hydrogen) atoms. The summed E-state index contributed by atoms with van der Waals surface area (Å²) >= 11 is 0. The highest BCUT2D eigenvalue weighted by Gasteiger charge is 2.35. The molecule has 1 aromatic rings. The van der Waals surface area contributed by atoms with Crippen LogP contribution in [-0.4, -0.2) is 52.9 Å². The fourth-order valence-electron chi connectivity index (χ4n) is 4.68. The molecule has 2 aliphatic rings. The fraction of sp³-hybridized carbons (Fsp3) is 0.682. The van der Waals surface area contributed by atoms with E-state index in [4.69, 9.17) is 0 Å². The van der Waals surface area contributed by atoms with Gasteiger partial charge in [0, 0.05) is 26.1 Å². The molecule has 3 heterocycles. The Balaban J connectivity index is 1.49. The van der Waals surface area contributed by atoms with E-state index in [1.165, 1.54) is 58.5 Å². The normalized spacial score (nSPS) is 21.2. The first-order valence-corrected chi connectivity index (χ1v) is 10.5. The molecule has 0 N–H and O–H groups in total. The van der Waals surface area contributed by atoms with Crippen LogP contribution < -0.4 is 4.90 Å². The van der Waals surface area contributed by atoms with Gasteiger partial charge in [0.15, 0.2) is 5.78 Å². The van der Waals surface area contributed by atoms with Crippen molar-refractivity contribution in [2.75, 3.05) is 31.1 Å². The van der Waals surface area contributed by atoms with Crippen LogP contribution in [-0.2, 0) is 0 Å². The van der Waals surface area contributed by atoms with Gasteiger partial charge in [0.05, 0.1) is 12.4 Å². The minimum Gasteiger partial charge on any atom is -0.355 e. The molecule has 0 aromatic carbocycles. The van der Waals surface area contributed by atoms with Crippen LogP contribution in [0.25, 0.3) is 0 Å². The number of anilines is 1. The van der Waals surface area contributed by atoms with Crippen LogP contribution in [0.5, 0.6) is 0 Å². The summed E-state index contributed by atoms with van der Waals surface area (Å²) in [5, 5.41) is 0. The van der Waals surface area contributed by atoms with Gasteiger partial charge in [-0.3, -0.25) is 4.79 Å². The lowest BCUT2D eigenvalue weighted by atomic mass is 9.72. The second-order valence-electron chi connectivity index (χ2n) is 8.25. The van der Waals surface area contributed by atoms with Crippen molar-refractivity contribution in [3.8, 4) is 0 Å². The van der Waals surface area contributed by atoms with Crippen LogP contribution in [0, 0.1) is 5.41 Å². The number of piperidine rings is 2. The maximum Gasteiger partial charge on any atom is 0.179 e. The van der Waals surface area contributed by atoms with Crippen molar-refractivity contribution in [1.29, 1.82) is 0 Å². The Morgan fingerprint density at radius 2 is 1.93 bits per heavy atom. The summed E-state index contributed by atoms with van der Waals surface area (Å²) in [6.07, 6.45) is 14.2. The molecule has 0 aliphatic carbocycles. The van der Waals surface area contributed by atoms with Gasteiger partial charge in [-0.1, -0.05) is 19.4 Å². The maximum absolute atomic E-state index is 11.4. The molecule has 148 valence electrons. The van der Waals surface area contributed by atoms with Crippen molar-refractivity contribution in [3.63, 3.8) is 0 Å². The minimum atomic E-state index is -0.0332. The third-order valence-electron chi connectivity index (χ3n) is 6.79. The number of ketones is 1. The molecule has 2 saturated heterocycles. The second-order valence-corrected chi connectivity index (χ2v) is 8.25. The van der Waals surface area contributed by atoms with Gasteiger partial charge in [0.2, 0.25) is 0 Å². The summed E-state index contributed by atoms with van der Waals surface area (Å²) in [5.41, 5.74) is 0.984. The zero-order chi connectivity index (χ0) is 19.3. The Bertz CT molecular complexity index is 626. The first kappa shape index (κ1) is 20.0. The van der Waals surface area contributed by atoms with E-state index in [9.17, 15) is 4.79 Å². The lowest BCUT2D eigenvalue weighted by Crippen LogP contribution is -2.49. The maximum atomic E-state index is 11.4. The predicted molar refractivity (Wildman–Crippen MR) is 110 cm³/mol. The molecule has 0 saturated carbocycles. The fourth-order valence-corrected chi connectivity index (χ4v) is 4.68. The molecular formula is C22H34N4O. The molecule has 5 heteroatoms. The van der Waals surface area contributed by atoms with Gasteiger partial charge in [-0.25, -0.2) is 9.97 Å². The third-order valence-corrected chi connectivity index (χ3v) is 6.79. The summed E-state index contributed by atoms with van der Waals surface area (Å²) in [4.78, 5) is 25.1. The van der Waals surface area contributed by atoms with Gasteiger partial charge >= 0.3 is 0 Å². The first-order chi connectivity index (χ1) is 13.1. The van der Waals surface area contributed by atoms with Gasteiger partial charge in [0.25, 0.3) is 0 Å². The summed E-state index contributed by atoms with van der Waals surface area (Å²) < 4.78 is 0. The van der Waals surface area contributed by atoms with Crippen molar-refractivity contribution >= 4 is 11.6 Å². The molecule has 0 radical (unpaired) electrons. The standard InChI is InChI=1S/C22H34N4O/c1-4-6-9-22(5-2)10-14-25(15-11-22)19-7-12-26(13-8-19)21-17-23-20(16-24-21)18(3)27/h4,16-17,19H,1,5-15H2,2-3H3. The number of carbonyl (C=O) groups excluding carboxylic acids is 1. The zero-order valence-electron chi connectivity index (χ0n) is 17.0. The van der Waals surface area contributed by atoms with E-state index < -0.39 is 0 Å². The number of aromatic nitrogens is 2. The summed E-state index contributed by atoms with van der Waals surface area (Å²) in [6, 6.07) is 0.694. The Morgan fingerprint density at radius 1 is 1.22 bits per heavy atom. The Morgan fingerprint density at radius 3 is 2.44 bits per heavy atom. The van der Waals surface area contributed by atoms with Crippen LogP contribution in [0.15, 0.2) is 25.0 Å². The van der Waals surface area contributed by atoms with Gasteiger partial charge in [-0.15, -0.1) is 6.58 Å². The summed E-state index contributed by atoms with van der Waals surface area (Å²) in [5.74, 6) is 0.862. The number of rotatable bonds is 7. The van der Waals surface area contributed by atoms with E-state index >= 15 is 0 Å². The van der Waals surface area contributed by atoms with Crippen molar-refractivity contribution < 1.29 is 4.79 Å². The summed E-state index contributed by atoms with van der Waals surface area (Å²) in [6.45, 7) is 12.3. The predicted octanol–water partition coefficient (Wildman–Crippen LogP) is 4.11. The monoisotopic (exact) mass is 370 g/mol.